The van der Waals surface area contributed by atoms with E-state index in [2.05, 4.69) is 4.98 Å². The Morgan fingerprint density at radius 3 is 3.06 bits per heavy atom. The molecule has 1 atom stereocenters. The van der Waals surface area contributed by atoms with E-state index in [1.54, 1.807) is 19.2 Å². The lowest BCUT2D eigenvalue weighted by atomic mass is 10.3. The highest BCUT2D eigenvalue weighted by atomic mass is 35.5. The first kappa shape index (κ1) is 13.6. The van der Waals surface area contributed by atoms with Crippen LogP contribution in [0.5, 0.6) is 5.75 Å². The zero-order valence-electron chi connectivity index (χ0n) is 10.0. The van der Waals surface area contributed by atoms with Crippen LogP contribution in [0.3, 0.4) is 0 Å². The number of halogens is 1. The second-order valence-electron chi connectivity index (χ2n) is 4.09. The third-order valence-corrected chi connectivity index (χ3v) is 5.03. The standard InChI is InChI=1S/C11H15ClN2O3S/c1-2-18(15,16)14-6-4-9(8-14)17-11-3-5-13-7-10(11)12/h3,5,7,9H,2,4,6,8H2,1H3/t9-/m0/s1. The van der Waals surface area contributed by atoms with Gasteiger partial charge in [0.05, 0.1) is 12.3 Å². The summed E-state index contributed by atoms with van der Waals surface area (Å²) in [6.07, 6.45) is 3.63. The van der Waals surface area contributed by atoms with Crippen molar-refractivity contribution >= 4 is 21.6 Å². The van der Waals surface area contributed by atoms with Gasteiger partial charge in [-0.1, -0.05) is 11.6 Å². The van der Waals surface area contributed by atoms with Gasteiger partial charge in [0, 0.05) is 25.0 Å². The van der Waals surface area contributed by atoms with E-state index in [9.17, 15) is 8.42 Å². The van der Waals surface area contributed by atoms with Crippen LogP contribution in [-0.4, -0.2) is 42.7 Å². The summed E-state index contributed by atoms with van der Waals surface area (Å²) in [4.78, 5) is 3.87. The molecule has 0 radical (unpaired) electrons. The molecule has 7 heteroatoms. The fourth-order valence-corrected chi connectivity index (χ4v) is 3.17. The van der Waals surface area contributed by atoms with Crippen molar-refractivity contribution in [2.75, 3.05) is 18.8 Å². The van der Waals surface area contributed by atoms with E-state index >= 15 is 0 Å². The quantitative estimate of drug-likeness (QED) is 0.844. The van der Waals surface area contributed by atoms with Gasteiger partial charge in [0.15, 0.2) is 0 Å². The molecule has 1 aromatic rings. The minimum Gasteiger partial charge on any atom is -0.487 e. The van der Waals surface area contributed by atoms with E-state index in [1.807, 2.05) is 0 Å². The van der Waals surface area contributed by atoms with Gasteiger partial charge in [0.1, 0.15) is 16.9 Å². The van der Waals surface area contributed by atoms with E-state index in [4.69, 9.17) is 16.3 Å². The maximum atomic E-state index is 11.7. The number of sulfonamides is 1. The Kier molecular flexibility index (Phi) is 4.09. The van der Waals surface area contributed by atoms with Crippen LogP contribution in [0.25, 0.3) is 0 Å². The zero-order chi connectivity index (χ0) is 13.2. The molecule has 1 aliphatic heterocycles. The molecule has 0 bridgehead atoms. The van der Waals surface area contributed by atoms with Gasteiger partial charge in [-0.2, -0.15) is 4.31 Å². The Bertz CT molecular complexity index is 521. The van der Waals surface area contributed by atoms with Crippen LogP contribution in [-0.2, 0) is 10.0 Å². The molecule has 0 amide bonds. The smallest absolute Gasteiger partial charge is 0.213 e. The van der Waals surface area contributed by atoms with Crippen LogP contribution in [0.1, 0.15) is 13.3 Å². The fourth-order valence-electron chi connectivity index (χ4n) is 1.87. The SMILES string of the molecule is CCS(=O)(=O)N1CC[C@H](Oc2ccncc2Cl)C1. The van der Waals surface area contributed by atoms with Gasteiger partial charge in [-0.15, -0.1) is 0 Å². The minimum absolute atomic E-state index is 0.121. The topological polar surface area (TPSA) is 59.5 Å². The number of rotatable bonds is 4. The van der Waals surface area contributed by atoms with Crippen molar-refractivity contribution in [1.82, 2.24) is 9.29 Å². The average molecular weight is 291 g/mol. The van der Waals surface area contributed by atoms with Gasteiger partial charge in [0.25, 0.3) is 0 Å². The monoisotopic (exact) mass is 290 g/mol. The molecule has 18 heavy (non-hydrogen) atoms. The van der Waals surface area contributed by atoms with Crippen LogP contribution < -0.4 is 4.74 Å². The van der Waals surface area contributed by atoms with E-state index < -0.39 is 10.0 Å². The highest BCUT2D eigenvalue weighted by molar-refractivity contribution is 7.89. The van der Waals surface area contributed by atoms with Gasteiger partial charge in [-0.3, -0.25) is 4.98 Å². The summed E-state index contributed by atoms with van der Waals surface area (Å²) in [6, 6.07) is 1.68. The van der Waals surface area contributed by atoms with Crippen LogP contribution in [0, 0.1) is 0 Å². The van der Waals surface area contributed by atoms with Crippen molar-refractivity contribution in [3.63, 3.8) is 0 Å². The molecule has 100 valence electrons. The average Bonchev–Trinajstić information content (AvgIpc) is 2.81. The third kappa shape index (κ3) is 2.93. The van der Waals surface area contributed by atoms with E-state index in [1.165, 1.54) is 10.5 Å². The summed E-state index contributed by atoms with van der Waals surface area (Å²) >= 11 is 5.94. The third-order valence-electron chi connectivity index (χ3n) is 2.89. The first-order valence-corrected chi connectivity index (χ1v) is 7.75. The lowest BCUT2D eigenvalue weighted by Gasteiger charge is -2.16. The van der Waals surface area contributed by atoms with Gasteiger partial charge in [-0.25, -0.2) is 8.42 Å². The van der Waals surface area contributed by atoms with Crippen molar-refractivity contribution < 1.29 is 13.2 Å². The van der Waals surface area contributed by atoms with Crippen molar-refractivity contribution in [3.8, 4) is 5.75 Å². The van der Waals surface area contributed by atoms with E-state index in [-0.39, 0.29) is 11.9 Å². The number of pyridine rings is 1. The molecule has 1 saturated heterocycles. The van der Waals surface area contributed by atoms with Gasteiger partial charge in [0.2, 0.25) is 10.0 Å². The van der Waals surface area contributed by atoms with Crippen LogP contribution in [0.15, 0.2) is 18.5 Å². The Balaban J connectivity index is 2.01. The molecule has 1 aromatic heterocycles. The summed E-state index contributed by atoms with van der Waals surface area (Å²) in [5, 5.41) is 0.439. The predicted molar refractivity (Wildman–Crippen MR) is 69.3 cm³/mol. The molecule has 1 fully saturated rings. The first-order chi connectivity index (χ1) is 8.53. The summed E-state index contributed by atoms with van der Waals surface area (Å²) in [5.41, 5.74) is 0. The Labute approximate surface area is 112 Å². The highest BCUT2D eigenvalue weighted by Gasteiger charge is 2.31. The second kappa shape index (κ2) is 5.42. The molecule has 2 rings (SSSR count). The molecule has 0 unspecified atom stereocenters. The largest absolute Gasteiger partial charge is 0.487 e. The van der Waals surface area contributed by atoms with Crippen molar-refractivity contribution in [2.45, 2.75) is 19.4 Å². The molecule has 0 spiro atoms. The Hall–Kier alpha value is -0.850. The molecular formula is C11H15ClN2O3S. The van der Waals surface area contributed by atoms with Crippen molar-refractivity contribution in [2.24, 2.45) is 0 Å². The molecular weight excluding hydrogens is 276 g/mol. The van der Waals surface area contributed by atoms with E-state index in [0.29, 0.717) is 30.3 Å². The lowest BCUT2D eigenvalue weighted by molar-refractivity contribution is 0.215. The predicted octanol–water partition coefficient (Wildman–Crippen LogP) is 1.54. The molecule has 0 aliphatic carbocycles. The van der Waals surface area contributed by atoms with Gasteiger partial charge in [-0.05, 0) is 13.3 Å². The number of aromatic nitrogens is 1. The normalized spacial score (nSPS) is 21.1. The van der Waals surface area contributed by atoms with Crippen LogP contribution >= 0.6 is 11.6 Å². The Morgan fingerprint density at radius 1 is 1.61 bits per heavy atom. The summed E-state index contributed by atoms with van der Waals surface area (Å²) in [5.74, 6) is 0.669. The molecule has 0 saturated carbocycles. The second-order valence-corrected chi connectivity index (χ2v) is 6.76. The summed E-state index contributed by atoms with van der Waals surface area (Å²) in [6.45, 7) is 2.53. The summed E-state index contributed by atoms with van der Waals surface area (Å²) < 4.78 is 30.6. The zero-order valence-corrected chi connectivity index (χ0v) is 11.6. The van der Waals surface area contributed by atoms with Gasteiger partial charge < -0.3 is 4.74 Å². The lowest BCUT2D eigenvalue weighted by Crippen LogP contribution is -2.32. The first-order valence-electron chi connectivity index (χ1n) is 5.77. The van der Waals surface area contributed by atoms with Crippen LogP contribution in [0.2, 0.25) is 5.02 Å². The fraction of sp³-hybridized carbons (Fsp3) is 0.545. The van der Waals surface area contributed by atoms with Crippen molar-refractivity contribution in [1.29, 1.82) is 0 Å². The highest BCUT2D eigenvalue weighted by Crippen LogP contribution is 2.26. The minimum atomic E-state index is -3.13. The molecule has 0 aromatic carbocycles. The summed E-state index contributed by atoms with van der Waals surface area (Å²) in [7, 11) is -3.13. The van der Waals surface area contributed by atoms with E-state index in [0.717, 1.165) is 0 Å². The number of hydrogen-bond donors (Lipinski definition) is 0. The molecule has 5 nitrogen and oxygen atoms in total. The number of nitrogens with zero attached hydrogens (tertiary/aromatic N) is 2. The maximum Gasteiger partial charge on any atom is 0.213 e. The van der Waals surface area contributed by atoms with Crippen molar-refractivity contribution in [3.05, 3.63) is 23.5 Å². The Morgan fingerprint density at radius 2 is 2.39 bits per heavy atom. The number of ether oxygens (including phenoxy) is 1. The molecule has 2 heterocycles. The molecule has 0 N–H and O–H groups in total. The molecule has 1 aliphatic rings. The number of hydrogen-bond acceptors (Lipinski definition) is 4. The van der Waals surface area contributed by atoms with Gasteiger partial charge >= 0.3 is 0 Å². The van der Waals surface area contributed by atoms with Crippen LogP contribution in [0.4, 0.5) is 0 Å². The maximum absolute atomic E-state index is 11.7.